The second-order valence-electron chi connectivity index (χ2n) is 5.28. The zero-order chi connectivity index (χ0) is 17.9. The molecule has 9 heteroatoms. The van der Waals surface area contributed by atoms with Crippen LogP contribution in [0.5, 0.6) is 0 Å². The summed E-state index contributed by atoms with van der Waals surface area (Å²) in [4.78, 5) is 23.5. The molecule has 0 amide bonds. The summed E-state index contributed by atoms with van der Waals surface area (Å²) in [6.07, 6.45) is 0. The van der Waals surface area contributed by atoms with E-state index in [1.165, 1.54) is 36.9 Å². The van der Waals surface area contributed by atoms with Gasteiger partial charge in [-0.1, -0.05) is 17.7 Å². The van der Waals surface area contributed by atoms with Crippen LogP contribution in [-0.4, -0.2) is 30.7 Å². The van der Waals surface area contributed by atoms with Crippen LogP contribution in [-0.2, 0) is 28.4 Å². The van der Waals surface area contributed by atoms with Crippen molar-refractivity contribution in [3.63, 3.8) is 0 Å². The van der Waals surface area contributed by atoms with Gasteiger partial charge in [0.25, 0.3) is 15.7 Å². The molecule has 1 aromatic carbocycles. The molecule has 1 heterocycles. The van der Waals surface area contributed by atoms with Gasteiger partial charge in [-0.15, -0.1) is 0 Å². The van der Waals surface area contributed by atoms with Crippen LogP contribution in [0.3, 0.4) is 0 Å². The van der Waals surface area contributed by atoms with Gasteiger partial charge < -0.3 is 5.32 Å². The Labute approximate surface area is 139 Å². The van der Waals surface area contributed by atoms with Crippen LogP contribution in [0, 0.1) is 6.92 Å². The first-order chi connectivity index (χ1) is 11.2. The third kappa shape index (κ3) is 3.92. The second kappa shape index (κ2) is 7.02. The van der Waals surface area contributed by atoms with Crippen LogP contribution in [0.2, 0.25) is 0 Å². The Morgan fingerprint density at radius 3 is 2.33 bits per heavy atom. The summed E-state index contributed by atoms with van der Waals surface area (Å²) in [5, 5.41) is 2.82. The maximum absolute atomic E-state index is 12.0. The van der Waals surface area contributed by atoms with Crippen LogP contribution < -0.4 is 16.6 Å². The summed E-state index contributed by atoms with van der Waals surface area (Å²) in [5.74, 6) is 0.291. The number of nitrogens with zero attached hydrogens (tertiary/aromatic N) is 2. The average molecular weight is 353 g/mol. The first-order valence-electron chi connectivity index (χ1n) is 7.19. The Kier molecular flexibility index (Phi) is 5.25. The van der Waals surface area contributed by atoms with E-state index < -0.39 is 21.4 Å². The van der Waals surface area contributed by atoms with E-state index in [-0.39, 0.29) is 18.0 Å². The molecule has 0 fully saturated rings. The highest BCUT2D eigenvalue weighted by Crippen LogP contribution is 2.13. The van der Waals surface area contributed by atoms with Crippen molar-refractivity contribution in [1.29, 1.82) is 0 Å². The molecule has 0 saturated heterocycles. The molecule has 0 spiro atoms. The standard InChI is InChI=1S/C15H19N3O5S/c1-11-4-6-12(7-5-11)24(21,22)23-9-8-16-13-10-14(19)18(3)15(20)17(13)2/h4-7,10,16H,8-9H2,1-3H3. The van der Waals surface area contributed by atoms with E-state index in [1.54, 1.807) is 12.1 Å². The first-order valence-corrected chi connectivity index (χ1v) is 8.60. The van der Waals surface area contributed by atoms with E-state index in [0.717, 1.165) is 10.1 Å². The predicted octanol–water partition coefficient (Wildman–Crippen LogP) is 0.210. The van der Waals surface area contributed by atoms with E-state index in [4.69, 9.17) is 4.18 Å². The quantitative estimate of drug-likeness (QED) is 0.589. The van der Waals surface area contributed by atoms with Crippen molar-refractivity contribution >= 4 is 15.9 Å². The minimum Gasteiger partial charge on any atom is -0.369 e. The molecule has 0 aliphatic heterocycles. The molecule has 0 bridgehead atoms. The third-order valence-corrected chi connectivity index (χ3v) is 4.81. The molecule has 0 saturated carbocycles. The van der Waals surface area contributed by atoms with Crippen molar-refractivity contribution in [3.05, 3.63) is 56.7 Å². The number of aryl methyl sites for hydroxylation is 1. The summed E-state index contributed by atoms with van der Waals surface area (Å²) in [5.41, 5.74) is 0.0224. The summed E-state index contributed by atoms with van der Waals surface area (Å²) in [7, 11) is -0.950. The summed E-state index contributed by atoms with van der Waals surface area (Å²) in [6.45, 7) is 1.83. The monoisotopic (exact) mass is 353 g/mol. The normalized spacial score (nSPS) is 11.5. The number of anilines is 1. The lowest BCUT2D eigenvalue weighted by Crippen LogP contribution is -2.37. The van der Waals surface area contributed by atoms with Gasteiger partial charge in [0.15, 0.2) is 0 Å². The molecule has 1 N–H and O–H groups in total. The molecule has 1 aromatic heterocycles. The fraction of sp³-hybridized carbons (Fsp3) is 0.333. The lowest BCUT2D eigenvalue weighted by Gasteiger charge is -2.12. The van der Waals surface area contributed by atoms with Crippen molar-refractivity contribution in [3.8, 4) is 0 Å². The predicted molar refractivity (Wildman–Crippen MR) is 89.7 cm³/mol. The Hall–Kier alpha value is -2.39. The molecule has 0 aliphatic carbocycles. The Balaban J connectivity index is 1.99. The Morgan fingerprint density at radius 2 is 1.71 bits per heavy atom. The van der Waals surface area contributed by atoms with E-state index in [9.17, 15) is 18.0 Å². The van der Waals surface area contributed by atoms with E-state index in [2.05, 4.69) is 5.32 Å². The lowest BCUT2D eigenvalue weighted by molar-refractivity contribution is 0.331. The zero-order valence-corrected chi connectivity index (χ0v) is 14.5. The van der Waals surface area contributed by atoms with Crippen molar-refractivity contribution in [2.24, 2.45) is 14.1 Å². The SMILES string of the molecule is Cc1ccc(S(=O)(=O)OCCNc2cc(=O)n(C)c(=O)n2C)cc1. The van der Waals surface area contributed by atoms with Gasteiger partial charge >= 0.3 is 5.69 Å². The number of hydrogen-bond acceptors (Lipinski definition) is 6. The van der Waals surface area contributed by atoms with Gasteiger partial charge in [0.05, 0.1) is 11.5 Å². The van der Waals surface area contributed by atoms with E-state index >= 15 is 0 Å². The largest absolute Gasteiger partial charge is 0.369 e. The van der Waals surface area contributed by atoms with Crippen LogP contribution >= 0.6 is 0 Å². The van der Waals surface area contributed by atoms with Gasteiger partial charge in [-0.3, -0.25) is 18.1 Å². The average Bonchev–Trinajstić information content (AvgIpc) is 2.54. The molecule has 2 rings (SSSR count). The van der Waals surface area contributed by atoms with Gasteiger partial charge in [0, 0.05) is 26.7 Å². The fourth-order valence-electron chi connectivity index (χ4n) is 2.01. The van der Waals surface area contributed by atoms with Gasteiger partial charge in [0.1, 0.15) is 5.82 Å². The molecule has 0 atom stereocenters. The summed E-state index contributed by atoms with van der Waals surface area (Å²) >= 11 is 0. The van der Waals surface area contributed by atoms with Crippen molar-refractivity contribution < 1.29 is 12.6 Å². The number of aromatic nitrogens is 2. The topological polar surface area (TPSA) is 99.4 Å². The molecular formula is C15H19N3O5S. The highest BCUT2D eigenvalue weighted by molar-refractivity contribution is 7.86. The minimum atomic E-state index is -3.84. The third-order valence-electron chi connectivity index (χ3n) is 3.48. The van der Waals surface area contributed by atoms with Gasteiger partial charge in [-0.05, 0) is 19.1 Å². The van der Waals surface area contributed by atoms with Crippen LogP contribution in [0.15, 0.2) is 44.8 Å². The van der Waals surface area contributed by atoms with Crippen molar-refractivity contribution in [1.82, 2.24) is 9.13 Å². The van der Waals surface area contributed by atoms with E-state index in [1.807, 2.05) is 6.92 Å². The van der Waals surface area contributed by atoms with Crippen molar-refractivity contribution in [2.45, 2.75) is 11.8 Å². The number of rotatable bonds is 6. The van der Waals surface area contributed by atoms with Crippen LogP contribution in [0.25, 0.3) is 0 Å². The lowest BCUT2D eigenvalue weighted by atomic mass is 10.2. The number of benzene rings is 1. The zero-order valence-electron chi connectivity index (χ0n) is 13.6. The maximum atomic E-state index is 12.0. The molecule has 0 aliphatic rings. The first kappa shape index (κ1) is 18.0. The molecule has 24 heavy (non-hydrogen) atoms. The number of nitrogens with one attached hydrogen (secondary N) is 1. The fourth-order valence-corrected chi connectivity index (χ4v) is 2.91. The maximum Gasteiger partial charge on any atom is 0.332 e. The highest BCUT2D eigenvalue weighted by atomic mass is 32.2. The van der Waals surface area contributed by atoms with Crippen LogP contribution in [0.4, 0.5) is 5.82 Å². The van der Waals surface area contributed by atoms with Crippen LogP contribution in [0.1, 0.15) is 5.56 Å². The molecule has 0 radical (unpaired) electrons. The summed E-state index contributed by atoms with van der Waals surface area (Å²) < 4.78 is 31.2. The van der Waals surface area contributed by atoms with Gasteiger partial charge in [0.2, 0.25) is 0 Å². The Morgan fingerprint density at radius 1 is 1.08 bits per heavy atom. The molecule has 8 nitrogen and oxygen atoms in total. The smallest absolute Gasteiger partial charge is 0.332 e. The minimum absolute atomic E-state index is 0.0779. The number of hydrogen-bond donors (Lipinski definition) is 1. The second-order valence-corrected chi connectivity index (χ2v) is 6.90. The Bertz CT molecular complexity index is 943. The van der Waals surface area contributed by atoms with Crippen molar-refractivity contribution in [2.75, 3.05) is 18.5 Å². The van der Waals surface area contributed by atoms with Gasteiger partial charge in [-0.2, -0.15) is 8.42 Å². The van der Waals surface area contributed by atoms with E-state index in [0.29, 0.717) is 5.82 Å². The molecule has 130 valence electrons. The highest BCUT2D eigenvalue weighted by Gasteiger charge is 2.14. The molecule has 2 aromatic rings. The van der Waals surface area contributed by atoms with Gasteiger partial charge in [-0.25, -0.2) is 4.79 Å². The molecular weight excluding hydrogens is 334 g/mol. The molecule has 0 unspecified atom stereocenters. The summed E-state index contributed by atoms with van der Waals surface area (Å²) in [6, 6.07) is 7.58.